The molecule has 3 rings (SSSR count). The van der Waals surface area contributed by atoms with Gasteiger partial charge in [-0.2, -0.15) is 14.4 Å². The molecule has 1 saturated heterocycles. The summed E-state index contributed by atoms with van der Waals surface area (Å²) in [6.45, 7) is 2.58. The Labute approximate surface area is 377 Å². The van der Waals surface area contributed by atoms with Crippen molar-refractivity contribution in [1.82, 2.24) is 19.5 Å². The summed E-state index contributed by atoms with van der Waals surface area (Å²) in [5, 5.41) is 21.4. The maximum Gasteiger partial charge on any atom is 1.00 e. The van der Waals surface area contributed by atoms with Gasteiger partial charge in [0.1, 0.15) is 37.6 Å². The molecule has 1 unspecified atom stereocenters. The summed E-state index contributed by atoms with van der Waals surface area (Å²) < 4.78 is 54.6. The molecule has 0 aromatic carbocycles. The van der Waals surface area contributed by atoms with Crippen LogP contribution >= 0.6 is 7.82 Å². The van der Waals surface area contributed by atoms with Gasteiger partial charge in [-0.25, -0.2) is 4.98 Å². The number of carbonyl (C=O) groups excluding carboxylic acids is 2. The number of esters is 2. The van der Waals surface area contributed by atoms with Gasteiger partial charge in [0.05, 0.1) is 12.9 Å². The van der Waals surface area contributed by atoms with E-state index < -0.39 is 76.3 Å². The zero-order valence-electron chi connectivity index (χ0n) is 36.3. The number of phosphoric acid groups is 1. The molecule has 0 radical (unpaired) electrons. The number of aromatic nitrogens is 4. The molecule has 1 aliphatic heterocycles. The van der Waals surface area contributed by atoms with E-state index in [1.54, 1.807) is 0 Å². The van der Waals surface area contributed by atoms with Crippen LogP contribution in [0.15, 0.2) is 6.33 Å². The van der Waals surface area contributed by atoms with Gasteiger partial charge in [0, 0.05) is 12.8 Å². The quantitative estimate of drug-likeness (QED) is 0.0288. The van der Waals surface area contributed by atoms with E-state index in [2.05, 4.69) is 28.8 Å². The van der Waals surface area contributed by atoms with Crippen LogP contribution in [-0.2, 0) is 37.4 Å². The van der Waals surface area contributed by atoms with E-state index in [4.69, 9.17) is 29.0 Å². The summed E-state index contributed by atoms with van der Waals surface area (Å²) in [5.41, 5.74) is 5.62. The van der Waals surface area contributed by atoms with Crippen molar-refractivity contribution in [2.24, 2.45) is 0 Å². The molecule has 60 heavy (non-hydrogen) atoms. The molecule has 2 aromatic rings. The molecule has 4 N–H and O–H groups in total. The van der Waals surface area contributed by atoms with Crippen LogP contribution in [0.1, 0.15) is 174 Å². The maximum atomic E-state index is 13.9. The fourth-order valence-electron chi connectivity index (χ4n) is 7.06. The molecule has 0 saturated carbocycles. The molecule has 19 heteroatoms. The largest absolute Gasteiger partial charge is 1.00 e. The number of hydrogen-bond donors (Lipinski definition) is 3. The van der Waals surface area contributed by atoms with Crippen LogP contribution in [-0.4, -0.2) is 85.9 Å². The minimum Gasteiger partial charge on any atom is -0.756 e. The van der Waals surface area contributed by atoms with E-state index in [0.29, 0.717) is 12.8 Å². The minimum atomic E-state index is -5.21. The number of ether oxygens (including phenoxy) is 3. The summed E-state index contributed by atoms with van der Waals surface area (Å²) in [5.74, 6) is -1.33. The van der Waals surface area contributed by atoms with Gasteiger partial charge in [-0.1, -0.05) is 142 Å². The van der Waals surface area contributed by atoms with Crippen molar-refractivity contribution in [2.75, 3.05) is 25.6 Å². The molecule has 3 heterocycles. The first-order chi connectivity index (χ1) is 28.5. The first-order valence-corrected chi connectivity index (χ1v) is 23.5. The first kappa shape index (κ1) is 54.3. The number of nitrogen functional groups attached to an aromatic ring is 1. The van der Waals surface area contributed by atoms with Gasteiger partial charge in [-0.05, 0) is 12.8 Å². The number of imidazole rings is 1. The monoisotopic (exact) mass is 881 g/mol. The molecule has 0 bridgehead atoms. The number of phosphoric ester groups is 1. The van der Waals surface area contributed by atoms with E-state index in [1.807, 2.05) is 0 Å². The fourth-order valence-corrected chi connectivity index (χ4v) is 7.94. The number of unbranched alkanes of at least 4 members (excludes halogenated alkanes) is 20. The van der Waals surface area contributed by atoms with Crippen molar-refractivity contribution in [2.45, 2.75) is 199 Å². The summed E-state index contributed by atoms with van der Waals surface area (Å²) in [4.78, 5) is 49.2. The van der Waals surface area contributed by atoms with Crippen molar-refractivity contribution in [3.63, 3.8) is 0 Å². The van der Waals surface area contributed by atoms with Gasteiger partial charge in [0.15, 0.2) is 23.2 Å². The van der Waals surface area contributed by atoms with Crippen LogP contribution in [0.2, 0.25) is 0 Å². The van der Waals surface area contributed by atoms with E-state index in [9.17, 15) is 33.7 Å². The van der Waals surface area contributed by atoms with Crippen LogP contribution < -0.4 is 40.2 Å². The predicted molar refractivity (Wildman–Crippen MR) is 218 cm³/mol. The molecule has 2 aromatic heterocycles. The Morgan fingerprint density at radius 3 is 1.72 bits per heavy atom. The van der Waals surface area contributed by atoms with Crippen molar-refractivity contribution in [3.05, 3.63) is 12.4 Å². The van der Waals surface area contributed by atoms with Crippen molar-refractivity contribution in [1.29, 1.82) is 0 Å². The number of rotatable bonds is 34. The summed E-state index contributed by atoms with van der Waals surface area (Å²) in [7, 11) is -5.21. The first-order valence-electron chi connectivity index (χ1n) is 22.1. The molecule has 0 spiro atoms. The van der Waals surface area contributed by atoms with Gasteiger partial charge >= 0.3 is 47.6 Å². The Morgan fingerprint density at radius 1 is 0.800 bits per heavy atom. The zero-order chi connectivity index (χ0) is 42.9. The minimum absolute atomic E-state index is 0. The molecule has 1 fully saturated rings. The third kappa shape index (κ3) is 21.1. The molecule has 338 valence electrons. The second kappa shape index (κ2) is 31.1. The second-order valence-electron chi connectivity index (χ2n) is 15.7. The van der Waals surface area contributed by atoms with Gasteiger partial charge in [0.2, 0.25) is 0 Å². The number of carbonyl (C=O) groups is 2. The van der Waals surface area contributed by atoms with Crippen LogP contribution in [0, 0.1) is 6.08 Å². The summed E-state index contributed by atoms with van der Waals surface area (Å²) in [6.07, 6.45) is 17.6. The van der Waals surface area contributed by atoms with Crippen LogP contribution in [0.5, 0.6) is 0 Å². The maximum absolute atomic E-state index is 13.9. The Balaban J connectivity index is 0.0000124. The number of halogens is 1. The van der Waals surface area contributed by atoms with E-state index in [1.165, 1.54) is 89.9 Å². The number of nitrogens with two attached hydrogens (primary N) is 1. The smallest absolute Gasteiger partial charge is 0.756 e. The van der Waals surface area contributed by atoms with Gasteiger partial charge in [-0.3, -0.25) is 18.7 Å². The Morgan fingerprint density at radius 2 is 1.25 bits per heavy atom. The molecule has 1 aliphatic rings. The third-order valence-electron chi connectivity index (χ3n) is 10.5. The summed E-state index contributed by atoms with van der Waals surface area (Å²) in [6, 6.07) is 0. The molecular formula is C41H70FN5NaO11P. The number of anilines is 1. The average Bonchev–Trinajstić information content (AvgIpc) is 3.75. The number of hydrogen-bond acceptors (Lipinski definition) is 15. The van der Waals surface area contributed by atoms with Crippen molar-refractivity contribution >= 4 is 36.7 Å². The molecule has 5 atom stereocenters. The SMILES string of the molecule is CCCCCCCCCCCCCC(=O)OCC(COC(=O)CCCCCCCCCCCCC)OP(=O)([O-])OC[C@H]1O[C@@H](n2cnc3c(N)nc(F)nc32)[C@@H](O)[C@@H]1O.[Na+]. The van der Waals surface area contributed by atoms with Gasteiger partial charge in [0.25, 0.3) is 7.82 Å². The van der Waals surface area contributed by atoms with Gasteiger partial charge < -0.3 is 44.1 Å². The van der Waals surface area contributed by atoms with Crippen LogP contribution in [0.25, 0.3) is 11.2 Å². The number of aliphatic hydroxyl groups is 2. The van der Waals surface area contributed by atoms with E-state index in [-0.39, 0.29) is 59.4 Å². The van der Waals surface area contributed by atoms with Crippen LogP contribution in [0.4, 0.5) is 10.2 Å². The number of fused-ring (bicyclic) bond motifs is 1. The van der Waals surface area contributed by atoms with Gasteiger partial charge in [-0.15, -0.1) is 0 Å². The number of aliphatic hydroxyl groups excluding tert-OH is 2. The van der Waals surface area contributed by atoms with Crippen molar-refractivity contribution in [3.8, 4) is 0 Å². The van der Waals surface area contributed by atoms with Crippen molar-refractivity contribution < 1.29 is 86.5 Å². The predicted octanol–water partition coefficient (Wildman–Crippen LogP) is 4.53. The topological polar surface area (TPSA) is 230 Å². The standard InChI is InChI=1S/C41H71FN5O11P.Na/c1-3-5-7-9-11-13-15-17-19-21-23-25-33(48)54-27-31(28-55-34(49)26-24-22-20-18-16-14-12-10-8-6-4-2)58-59(52,53)56-29-32-36(50)37(51)40(57-32)47-30-44-35-38(43)45-41(42)46-39(35)47;/h30-32,36-37,40,50-51H,3-29H2,1-2H3,(H,52,53)(H2,43,45,46);/q;+1/p-1/t32-,36-,37+,40-;/m1./s1. The van der Waals surface area contributed by atoms with Crippen LogP contribution in [0.3, 0.4) is 0 Å². The molecule has 0 amide bonds. The Hall–Kier alpha value is -1.79. The zero-order valence-corrected chi connectivity index (χ0v) is 39.2. The molecular weight excluding hydrogens is 811 g/mol. The van der Waals surface area contributed by atoms with E-state index >= 15 is 0 Å². The Kier molecular flexibility index (Phi) is 28.2. The fraction of sp³-hybridized carbons (Fsp3) is 0.829. The normalized spacial score (nSPS) is 18.8. The molecule has 0 aliphatic carbocycles. The Bertz CT molecular complexity index is 1500. The second-order valence-corrected chi connectivity index (χ2v) is 17.0. The number of nitrogens with zero attached hydrogens (tertiary/aromatic N) is 4. The van der Waals surface area contributed by atoms with E-state index in [0.717, 1.165) is 49.4 Å². The third-order valence-corrected chi connectivity index (χ3v) is 11.6. The average molecular weight is 882 g/mol. The molecule has 16 nitrogen and oxygen atoms in total. The summed E-state index contributed by atoms with van der Waals surface area (Å²) >= 11 is 0.